The van der Waals surface area contributed by atoms with Crippen LogP contribution in [0.4, 0.5) is 0 Å². The van der Waals surface area contributed by atoms with E-state index >= 15 is 0 Å². The maximum atomic E-state index is 11.5. The largest absolute Gasteiger partial charge is 0.508 e. The number of hydrogen-bond donors (Lipinski definition) is 4. The van der Waals surface area contributed by atoms with Gasteiger partial charge in [0.1, 0.15) is 11.8 Å². The molecule has 0 bridgehead atoms. The zero-order chi connectivity index (χ0) is 15.1. The van der Waals surface area contributed by atoms with E-state index in [0.717, 1.165) is 6.08 Å². The van der Waals surface area contributed by atoms with Gasteiger partial charge in [0.25, 0.3) is 0 Å². The Morgan fingerprint density at radius 3 is 2.50 bits per heavy atom. The first-order chi connectivity index (χ1) is 9.38. The molecule has 20 heavy (non-hydrogen) atoms. The van der Waals surface area contributed by atoms with Crippen LogP contribution in [0.1, 0.15) is 12.0 Å². The minimum atomic E-state index is -1.49. The van der Waals surface area contributed by atoms with Crippen molar-refractivity contribution < 1.29 is 29.7 Å². The molecule has 1 amide bonds. The van der Waals surface area contributed by atoms with Crippen molar-refractivity contribution in [1.29, 1.82) is 0 Å². The van der Waals surface area contributed by atoms with Gasteiger partial charge in [-0.05, 0) is 23.8 Å². The molecule has 4 N–H and O–H groups in total. The molecule has 7 heteroatoms. The van der Waals surface area contributed by atoms with E-state index in [0.29, 0.717) is 5.56 Å². The van der Waals surface area contributed by atoms with Crippen LogP contribution in [0.2, 0.25) is 0 Å². The van der Waals surface area contributed by atoms with Crippen molar-refractivity contribution >= 4 is 23.9 Å². The van der Waals surface area contributed by atoms with Gasteiger partial charge in [0.05, 0.1) is 6.42 Å². The fraction of sp³-hybridized carbons (Fsp3) is 0.154. The van der Waals surface area contributed by atoms with Crippen molar-refractivity contribution in [3.8, 4) is 5.75 Å². The van der Waals surface area contributed by atoms with Crippen molar-refractivity contribution in [3.63, 3.8) is 0 Å². The molecule has 0 fully saturated rings. The molecule has 1 atom stereocenters. The van der Waals surface area contributed by atoms with Gasteiger partial charge in [0.15, 0.2) is 0 Å². The summed E-state index contributed by atoms with van der Waals surface area (Å²) in [6.45, 7) is 0. The maximum Gasteiger partial charge on any atom is 0.326 e. The summed E-state index contributed by atoms with van der Waals surface area (Å²) < 4.78 is 0. The Bertz CT molecular complexity index is 552. The van der Waals surface area contributed by atoms with Crippen LogP contribution in [0.25, 0.3) is 6.08 Å². The van der Waals surface area contributed by atoms with E-state index in [-0.39, 0.29) is 5.75 Å². The normalized spacial score (nSPS) is 12.0. The first-order valence-corrected chi connectivity index (χ1v) is 5.60. The summed E-state index contributed by atoms with van der Waals surface area (Å²) in [5.74, 6) is -3.45. The van der Waals surface area contributed by atoms with Crippen molar-refractivity contribution in [1.82, 2.24) is 5.32 Å². The van der Waals surface area contributed by atoms with Crippen molar-refractivity contribution in [2.75, 3.05) is 0 Å². The molecule has 0 unspecified atom stereocenters. The van der Waals surface area contributed by atoms with Crippen molar-refractivity contribution in [2.24, 2.45) is 0 Å². The molecule has 1 rings (SSSR count). The molecule has 0 saturated heterocycles. The molecule has 0 aliphatic carbocycles. The van der Waals surface area contributed by atoms with Gasteiger partial charge in [-0.25, -0.2) is 4.79 Å². The molecular weight excluding hydrogens is 266 g/mol. The first-order valence-electron chi connectivity index (χ1n) is 5.60. The number of carbonyl (C=O) groups is 3. The second-order valence-electron chi connectivity index (χ2n) is 3.93. The lowest BCUT2D eigenvalue weighted by molar-refractivity contribution is -0.146. The summed E-state index contributed by atoms with van der Waals surface area (Å²) in [7, 11) is 0. The third kappa shape index (κ3) is 5.21. The molecule has 7 nitrogen and oxygen atoms in total. The Kier molecular flexibility index (Phi) is 5.28. The van der Waals surface area contributed by atoms with Crippen LogP contribution in [-0.4, -0.2) is 39.2 Å². The summed E-state index contributed by atoms with van der Waals surface area (Å²) in [6.07, 6.45) is 1.72. The standard InChI is InChI=1S/C13H13NO6/c15-9-3-1-2-8(6-9)4-5-11(16)14-10(13(19)20)7-12(17)18/h1-6,10,15H,7H2,(H,14,16)(H,17,18)(H,19,20)/b5-4+/t10-/m0/s1. The van der Waals surface area contributed by atoms with Crippen LogP contribution in [0.15, 0.2) is 30.3 Å². The summed E-state index contributed by atoms with van der Waals surface area (Å²) in [5, 5.41) is 28.6. The molecule has 0 saturated carbocycles. The van der Waals surface area contributed by atoms with Crippen molar-refractivity contribution in [3.05, 3.63) is 35.9 Å². The van der Waals surface area contributed by atoms with Crippen molar-refractivity contribution in [2.45, 2.75) is 12.5 Å². The number of aromatic hydroxyl groups is 1. The zero-order valence-corrected chi connectivity index (χ0v) is 10.3. The zero-order valence-electron chi connectivity index (χ0n) is 10.3. The average Bonchev–Trinajstić information content (AvgIpc) is 2.35. The molecule has 0 spiro atoms. The van der Waals surface area contributed by atoms with E-state index in [1.165, 1.54) is 18.2 Å². The van der Waals surface area contributed by atoms with Gasteiger partial charge in [0.2, 0.25) is 5.91 Å². The molecule has 0 radical (unpaired) electrons. The van der Waals surface area contributed by atoms with Gasteiger partial charge in [-0.1, -0.05) is 12.1 Å². The van der Waals surface area contributed by atoms with Gasteiger partial charge in [-0.15, -0.1) is 0 Å². The van der Waals surface area contributed by atoms with E-state index in [1.54, 1.807) is 12.1 Å². The predicted molar refractivity (Wildman–Crippen MR) is 69.0 cm³/mol. The highest BCUT2D eigenvalue weighted by molar-refractivity contribution is 5.95. The molecule has 0 aliphatic heterocycles. The highest BCUT2D eigenvalue weighted by Crippen LogP contribution is 2.11. The molecule has 0 heterocycles. The van der Waals surface area contributed by atoms with Crippen LogP contribution < -0.4 is 5.32 Å². The Morgan fingerprint density at radius 1 is 1.25 bits per heavy atom. The molecule has 1 aromatic rings. The number of phenols is 1. The molecule has 106 valence electrons. The summed E-state index contributed by atoms with van der Waals surface area (Å²) in [5.41, 5.74) is 0.547. The number of aliphatic carboxylic acids is 2. The number of carboxylic acid groups (broad SMARTS) is 2. The Morgan fingerprint density at radius 2 is 1.95 bits per heavy atom. The average molecular weight is 279 g/mol. The minimum Gasteiger partial charge on any atom is -0.508 e. The Labute approximate surface area is 114 Å². The van der Waals surface area contributed by atoms with Gasteiger partial charge in [-0.2, -0.15) is 0 Å². The minimum absolute atomic E-state index is 0.0295. The molecule has 1 aromatic carbocycles. The van der Waals surface area contributed by atoms with Crippen LogP contribution in [-0.2, 0) is 14.4 Å². The van der Waals surface area contributed by atoms with Gasteiger partial charge >= 0.3 is 11.9 Å². The number of carbonyl (C=O) groups excluding carboxylic acids is 1. The number of hydrogen-bond acceptors (Lipinski definition) is 4. The SMILES string of the molecule is O=C(O)C[C@H](NC(=O)/C=C/c1cccc(O)c1)C(=O)O. The number of amides is 1. The second kappa shape index (κ2) is 6.93. The smallest absolute Gasteiger partial charge is 0.326 e. The maximum absolute atomic E-state index is 11.5. The predicted octanol–water partition coefficient (Wildman–Crippen LogP) is 0.449. The topological polar surface area (TPSA) is 124 Å². The molecule has 0 aromatic heterocycles. The quantitative estimate of drug-likeness (QED) is 0.560. The molecule has 0 aliphatic rings. The number of phenolic OH excluding ortho intramolecular Hbond substituents is 1. The Hall–Kier alpha value is -2.83. The number of carboxylic acids is 2. The van der Waals surface area contributed by atoms with Gasteiger partial charge < -0.3 is 20.6 Å². The molecular formula is C13H13NO6. The monoisotopic (exact) mass is 279 g/mol. The van der Waals surface area contributed by atoms with Crippen LogP contribution in [0.5, 0.6) is 5.75 Å². The lowest BCUT2D eigenvalue weighted by Crippen LogP contribution is -2.41. The number of rotatable bonds is 6. The third-order valence-corrected chi connectivity index (χ3v) is 2.29. The first kappa shape index (κ1) is 15.2. The van der Waals surface area contributed by atoms with E-state index in [1.807, 2.05) is 0 Å². The summed E-state index contributed by atoms with van der Waals surface area (Å²) in [6, 6.07) is 4.60. The Balaban J connectivity index is 2.66. The second-order valence-corrected chi connectivity index (χ2v) is 3.93. The highest BCUT2D eigenvalue weighted by atomic mass is 16.4. The third-order valence-electron chi connectivity index (χ3n) is 2.29. The van der Waals surface area contributed by atoms with E-state index in [4.69, 9.17) is 10.2 Å². The van der Waals surface area contributed by atoms with Gasteiger partial charge in [0, 0.05) is 6.08 Å². The van der Waals surface area contributed by atoms with E-state index < -0.39 is 30.3 Å². The number of nitrogens with one attached hydrogen (secondary N) is 1. The highest BCUT2D eigenvalue weighted by Gasteiger charge is 2.21. The fourth-order valence-corrected chi connectivity index (χ4v) is 1.39. The van der Waals surface area contributed by atoms with E-state index in [9.17, 15) is 19.5 Å². The summed E-state index contributed by atoms with van der Waals surface area (Å²) >= 11 is 0. The van der Waals surface area contributed by atoms with Gasteiger partial charge in [-0.3, -0.25) is 9.59 Å². The lowest BCUT2D eigenvalue weighted by atomic mass is 10.2. The lowest BCUT2D eigenvalue weighted by Gasteiger charge is -2.10. The van der Waals surface area contributed by atoms with Crippen LogP contribution >= 0.6 is 0 Å². The number of benzene rings is 1. The summed E-state index contributed by atoms with van der Waals surface area (Å²) in [4.78, 5) is 32.7. The fourth-order valence-electron chi connectivity index (χ4n) is 1.39. The van der Waals surface area contributed by atoms with E-state index in [2.05, 4.69) is 5.32 Å². The van der Waals surface area contributed by atoms with Crippen LogP contribution in [0, 0.1) is 0 Å². The van der Waals surface area contributed by atoms with Crippen LogP contribution in [0.3, 0.4) is 0 Å².